The minimum Gasteiger partial charge on any atom is -0.508 e. The predicted molar refractivity (Wildman–Crippen MR) is 111 cm³/mol. The molecule has 1 aliphatic rings. The third kappa shape index (κ3) is 4.49. The van der Waals surface area contributed by atoms with Gasteiger partial charge in [-0.2, -0.15) is 5.10 Å². The second-order valence-electron chi connectivity index (χ2n) is 6.36. The summed E-state index contributed by atoms with van der Waals surface area (Å²) in [5, 5.41) is 18.0. The fraction of sp³-hybridized carbons (Fsp3) is 0.238. The van der Waals surface area contributed by atoms with E-state index in [0.717, 1.165) is 11.3 Å². The predicted octanol–water partition coefficient (Wildman–Crippen LogP) is 5.32. The number of phenols is 1. The van der Waals surface area contributed by atoms with E-state index >= 15 is 0 Å². The number of nitrogens with zero attached hydrogens (tertiary/aromatic N) is 2. The first kappa shape index (κ1) is 20.2. The van der Waals surface area contributed by atoms with Crippen molar-refractivity contribution in [1.29, 1.82) is 0 Å². The molecule has 0 spiro atoms. The molecule has 1 N–H and O–H groups in total. The summed E-state index contributed by atoms with van der Waals surface area (Å²) < 4.78 is 5.00. The van der Waals surface area contributed by atoms with Crippen molar-refractivity contribution in [3.05, 3.63) is 75.4 Å². The van der Waals surface area contributed by atoms with Crippen LogP contribution in [0.15, 0.2) is 59.3 Å². The van der Waals surface area contributed by atoms with Gasteiger partial charge in [-0.15, -0.1) is 0 Å². The van der Waals surface area contributed by atoms with Gasteiger partial charge in [0.25, 0.3) is 0 Å². The first-order valence-corrected chi connectivity index (χ1v) is 9.60. The van der Waals surface area contributed by atoms with Crippen LogP contribution in [0.25, 0.3) is 0 Å². The van der Waals surface area contributed by atoms with Gasteiger partial charge in [-0.25, -0.2) is 4.79 Å². The van der Waals surface area contributed by atoms with Crippen molar-refractivity contribution in [2.45, 2.75) is 26.3 Å². The molecule has 0 amide bonds. The zero-order valence-electron chi connectivity index (χ0n) is 15.5. The van der Waals surface area contributed by atoms with E-state index in [1.807, 2.05) is 12.1 Å². The van der Waals surface area contributed by atoms with Crippen molar-refractivity contribution in [3.63, 3.8) is 0 Å². The molecular formula is C21H20Cl2N2O3. The van der Waals surface area contributed by atoms with Gasteiger partial charge in [0.1, 0.15) is 5.75 Å². The quantitative estimate of drug-likeness (QED) is 0.527. The third-order valence-electron chi connectivity index (χ3n) is 4.41. The molecule has 0 aromatic heterocycles. The summed E-state index contributed by atoms with van der Waals surface area (Å²) in [7, 11) is 0. The zero-order chi connectivity index (χ0) is 20.3. The maximum atomic E-state index is 11.9. The molecule has 2 aromatic rings. The van der Waals surface area contributed by atoms with Crippen LogP contribution in [0.4, 0.5) is 0 Å². The van der Waals surface area contributed by atoms with E-state index in [9.17, 15) is 9.90 Å². The van der Waals surface area contributed by atoms with E-state index in [4.69, 9.17) is 33.0 Å². The number of hydrogen-bond acceptors (Lipinski definition) is 5. The Morgan fingerprint density at radius 3 is 2.61 bits per heavy atom. The smallest absolute Gasteiger partial charge is 0.332 e. The van der Waals surface area contributed by atoms with Gasteiger partial charge >= 0.3 is 5.97 Å². The van der Waals surface area contributed by atoms with Crippen LogP contribution in [0.5, 0.6) is 5.75 Å². The number of esters is 1. The number of hydrogen-bond donors (Lipinski definition) is 1. The van der Waals surface area contributed by atoms with Gasteiger partial charge in [0.2, 0.25) is 0 Å². The minimum absolute atomic E-state index is 0.121. The largest absolute Gasteiger partial charge is 0.508 e. The number of ether oxygens (including phenoxy) is 1. The zero-order valence-corrected chi connectivity index (χ0v) is 17.0. The molecule has 0 bridgehead atoms. The molecule has 2 aromatic carbocycles. The summed E-state index contributed by atoms with van der Waals surface area (Å²) in [6, 6.07) is 12.0. The summed E-state index contributed by atoms with van der Waals surface area (Å²) in [6.07, 6.45) is 1.93. The van der Waals surface area contributed by atoms with Crippen LogP contribution < -0.4 is 0 Å². The van der Waals surface area contributed by atoms with Crippen molar-refractivity contribution < 1.29 is 14.6 Å². The standard InChI is InChI=1S/C21H20Cl2N2O3/c1-3-28-21(27)10-13(2)25-19(17-11-16(23)8-9-20(17)26)12-18(24-25)14-4-6-15(22)7-5-14/h4-11,19,26H,3,12H2,1-2H3/b13-10+/t19-/m0/s1. The lowest BCUT2D eigenvalue weighted by atomic mass is 9.97. The van der Waals surface area contributed by atoms with Gasteiger partial charge in [-0.3, -0.25) is 5.01 Å². The lowest BCUT2D eigenvalue weighted by Crippen LogP contribution is -2.19. The monoisotopic (exact) mass is 418 g/mol. The number of rotatable bonds is 5. The molecule has 1 aliphatic heterocycles. The molecule has 1 heterocycles. The molecule has 5 nitrogen and oxygen atoms in total. The SMILES string of the molecule is CCOC(=O)/C=C(\C)N1N=C(c2ccc(Cl)cc2)C[C@H]1c1cc(Cl)ccc1O. The number of hydrazone groups is 1. The highest BCUT2D eigenvalue weighted by Crippen LogP contribution is 2.40. The van der Waals surface area contributed by atoms with Crippen LogP contribution in [0.1, 0.15) is 37.4 Å². The Hall–Kier alpha value is -2.50. The summed E-state index contributed by atoms with van der Waals surface area (Å²) in [5.74, 6) is -0.319. The highest BCUT2D eigenvalue weighted by atomic mass is 35.5. The van der Waals surface area contributed by atoms with Gasteiger partial charge in [0, 0.05) is 33.8 Å². The molecule has 0 fully saturated rings. The number of aromatic hydroxyl groups is 1. The molecule has 3 rings (SSSR count). The lowest BCUT2D eigenvalue weighted by Gasteiger charge is -2.25. The molecule has 0 saturated heterocycles. The third-order valence-corrected chi connectivity index (χ3v) is 4.90. The van der Waals surface area contributed by atoms with Crippen LogP contribution in [0, 0.1) is 0 Å². The van der Waals surface area contributed by atoms with E-state index in [1.165, 1.54) is 6.08 Å². The topological polar surface area (TPSA) is 62.1 Å². The fourth-order valence-electron chi connectivity index (χ4n) is 3.11. The molecule has 7 heteroatoms. The van der Waals surface area contributed by atoms with Crippen LogP contribution in [0.3, 0.4) is 0 Å². The number of halogens is 2. The number of benzene rings is 2. The first-order valence-electron chi connectivity index (χ1n) is 8.85. The van der Waals surface area contributed by atoms with Crippen molar-refractivity contribution in [2.24, 2.45) is 5.10 Å². The first-order chi connectivity index (χ1) is 13.4. The average Bonchev–Trinajstić information content (AvgIpc) is 3.09. The van der Waals surface area contributed by atoms with Crippen molar-refractivity contribution in [2.75, 3.05) is 6.61 Å². The van der Waals surface area contributed by atoms with E-state index in [-0.39, 0.29) is 11.8 Å². The average molecular weight is 419 g/mol. The van der Waals surface area contributed by atoms with Gasteiger partial charge in [0.05, 0.1) is 18.4 Å². The van der Waals surface area contributed by atoms with E-state index < -0.39 is 5.97 Å². The van der Waals surface area contributed by atoms with Gasteiger partial charge in [0.15, 0.2) is 0 Å². The highest BCUT2D eigenvalue weighted by Gasteiger charge is 2.32. The van der Waals surface area contributed by atoms with Crippen LogP contribution in [-0.4, -0.2) is 28.4 Å². The molecule has 0 aliphatic carbocycles. The Bertz CT molecular complexity index is 939. The van der Waals surface area contributed by atoms with E-state index in [0.29, 0.717) is 34.3 Å². The molecular weight excluding hydrogens is 399 g/mol. The van der Waals surface area contributed by atoms with E-state index in [1.54, 1.807) is 49.2 Å². The Labute approximate surface area is 173 Å². The summed E-state index contributed by atoms with van der Waals surface area (Å²) in [4.78, 5) is 11.9. The van der Waals surface area contributed by atoms with Gasteiger partial charge in [-0.05, 0) is 49.7 Å². The second-order valence-corrected chi connectivity index (χ2v) is 7.23. The maximum absolute atomic E-state index is 11.9. The number of phenolic OH excluding ortho intramolecular Hbond substituents is 1. The summed E-state index contributed by atoms with van der Waals surface area (Å²) >= 11 is 12.1. The molecule has 1 atom stereocenters. The van der Waals surface area contributed by atoms with Crippen molar-refractivity contribution >= 4 is 34.9 Å². The fourth-order valence-corrected chi connectivity index (χ4v) is 3.41. The van der Waals surface area contributed by atoms with Crippen LogP contribution in [-0.2, 0) is 9.53 Å². The number of carbonyl (C=O) groups is 1. The Balaban J connectivity index is 2.01. The minimum atomic E-state index is -0.441. The summed E-state index contributed by atoms with van der Waals surface area (Å²) in [6.45, 7) is 3.82. The second kappa shape index (κ2) is 8.67. The van der Waals surface area contributed by atoms with E-state index in [2.05, 4.69) is 0 Å². The Morgan fingerprint density at radius 1 is 1.25 bits per heavy atom. The number of allylic oxidation sites excluding steroid dienone is 1. The normalized spacial score (nSPS) is 16.9. The maximum Gasteiger partial charge on any atom is 0.332 e. The molecule has 0 radical (unpaired) electrons. The van der Waals surface area contributed by atoms with Gasteiger partial charge in [-0.1, -0.05) is 35.3 Å². The van der Waals surface area contributed by atoms with Crippen molar-refractivity contribution in [1.82, 2.24) is 5.01 Å². The molecule has 0 unspecified atom stereocenters. The van der Waals surface area contributed by atoms with Crippen LogP contribution in [0.2, 0.25) is 10.0 Å². The Kier molecular flexibility index (Phi) is 6.27. The van der Waals surface area contributed by atoms with Crippen molar-refractivity contribution in [3.8, 4) is 5.75 Å². The molecule has 146 valence electrons. The van der Waals surface area contributed by atoms with Gasteiger partial charge < -0.3 is 9.84 Å². The Morgan fingerprint density at radius 2 is 1.93 bits per heavy atom. The highest BCUT2D eigenvalue weighted by molar-refractivity contribution is 6.31. The molecule has 28 heavy (non-hydrogen) atoms. The molecule has 0 saturated carbocycles. The number of carbonyl (C=O) groups excluding carboxylic acids is 1. The van der Waals surface area contributed by atoms with Crippen LogP contribution >= 0.6 is 23.2 Å². The lowest BCUT2D eigenvalue weighted by molar-refractivity contribution is -0.137. The summed E-state index contributed by atoms with van der Waals surface area (Å²) in [5.41, 5.74) is 2.98.